The van der Waals surface area contributed by atoms with Gasteiger partial charge in [-0.05, 0) is 37.5 Å². The molecule has 25 heavy (non-hydrogen) atoms. The van der Waals surface area contributed by atoms with E-state index in [4.69, 9.17) is 10.1 Å². The monoisotopic (exact) mass is 337 g/mol. The zero-order valence-electron chi connectivity index (χ0n) is 13.8. The van der Waals surface area contributed by atoms with E-state index in [1.54, 1.807) is 36.8 Å². The van der Waals surface area contributed by atoms with Gasteiger partial charge in [0.25, 0.3) is 0 Å². The number of imidazole rings is 1. The smallest absolute Gasteiger partial charge is 0.337 e. The summed E-state index contributed by atoms with van der Waals surface area (Å²) in [6.45, 7) is 0.786. The summed E-state index contributed by atoms with van der Waals surface area (Å²) in [6, 6.07) is 8.66. The van der Waals surface area contributed by atoms with Gasteiger partial charge in [-0.2, -0.15) is 5.26 Å². The standard InChI is InChI=1S/C18H19N5O2/c19-11-14-4-3-6-16(10-14)21-18(24)25-22-17-7-2-1-5-15(17)12-23-9-8-20-13-23/h3-4,6,8-10,13,15H,1-2,5,7,12H2,(H,21,24)/b22-17+. The number of hydrogen-bond acceptors (Lipinski definition) is 5. The molecule has 0 saturated heterocycles. The zero-order chi connectivity index (χ0) is 17.5. The Kier molecular flexibility index (Phi) is 5.42. The first kappa shape index (κ1) is 16.7. The highest BCUT2D eigenvalue weighted by Gasteiger charge is 2.22. The summed E-state index contributed by atoms with van der Waals surface area (Å²) >= 11 is 0. The maximum absolute atomic E-state index is 11.9. The van der Waals surface area contributed by atoms with E-state index >= 15 is 0 Å². The summed E-state index contributed by atoms with van der Waals surface area (Å²) in [7, 11) is 0. The number of nitriles is 1. The maximum Gasteiger partial charge on any atom is 0.437 e. The Morgan fingerprint density at radius 3 is 3.20 bits per heavy atom. The summed E-state index contributed by atoms with van der Waals surface area (Å²) in [5.74, 6) is 0.248. The highest BCUT2D eigenvalue weighted by molar-refractivity contribution is 5.89. The molecular formula is C18H19N5O2. The molecule has 0 spiro atoms. The second-order valence-electron chi connectivity index (χ2n) is 5.98. The van der Waals surface area contributed by atoms with Crippen LogP contribution < -0.4 is 5.32 Å². The number of rotatable bonds is 4. The Morgan fingerprint density at radius 1 is 1.48 bits per heavy atom. The molecule has 7 heteroatoms. The minimum absolute atomic E-state index is 0.248. The van der Waals surface area contributed by atoms with Gasteiger partial charge in [-0.1, -0.05) is 17.6 Å². The van der Waals surface area contributed by atoms with E-state index in [9.17, 15) is 4.79 Å². The first-order chi connectivity index (χ1) is 12.2. The molecule has 0 aliphatic heterocycles. The highest BCUT2D eigenvalue weighted by Crippen LogP contribution is 2.23. The lowest BCUT2D eigenvalue weighted by atomic mass is 9.87. The lowest BCUT2D eigenvalue weighted by Crippen LogP contribution is -2.25. The minimum Gasteiger partial charge on any atom is -0.337 e. The topological polar surface area (TPSA) is 92.3 Å². The van der Waals surface area contributed by atoms with E-state index in [0.717, 1.165) is 37.9 Å². The number of aromatic nitrogens is 2. The van der Waals surface area contributed by atoms with E-state index in [0.29, 0.717) is 11.3 Å². The average Bonchev–Trinajstić information content (AvgIpc) is 3.14. The van der Waals surface area contributed by atoms with Crippen LogP contribution in [0.5, 0.6) is 0 Å². The molecule has 1 heterocycles. The normalized spacial score (nSPS) is 18.5. The number of carbonyl (C=O) groups excluding carboxylic acids is 1. The Bertz CT molecular complexity index is 792. The molecule has 0 bridgehead atoms. The fourth-order valence-corrected chi connectivity index (χ4v) is 2.94. The van der Waals surface area contributed by atoms with Crippen molar-refractivity contribution in [3.8, 4) is 6.07 Å². The third kappa shape index (κ3) is 4.67. The van der Waals surface area contributed by atoms with Gasteiger partial charge in [0.15, 0.2) is 0 Å². The molecule has 128 valence electrons. The summed E-state index contributed by atoms with van der Waals surface area (Å²) in [5.41, 5.74) is 1.88. The second kappa shape index (κ2) is 8.11. The third-order valence-electron chi connectivity index (χ3n) is 4.18. The lowest BCUT2D eigenvalue weighted by Gasteiger charge is -2.23. The van der Waals surface area contributed by atoms with Crippen LogP contribution in [0.15, 0.2) is 48.1 Å². The van der Waals surface area contributed by atoms with Gasteiger partial charge in [0.2, 0.25) is 0 Å². The molecule has 1 aliphatic carbocycles. The Balaban J connectivity index is 1.60. The van der Waals surface area contributed by atoms with Crippen LogP contribution >= 0.6 is 0 Å². The van der Waals surface area contributed by atoms with E-state index in [2.05, 4.69) is 15.5 Å². The molecular weight excluding hydrogens is 318 g/mol. The van der Waals surface area contributed by atoms with Crippen LogP contribution in [0.1, 0.15) is 31.2 Å². The number of amides is 1. The Morgan fingerprint density at radius 2 is 2.40 bits per heavy atom. The van der Waals surface area contributed by atoms with E-state index in [-0.39, 0.29) is 5.92 Å². The largest absolute Gasteiger partial charge is 0.437 e. The summed E-state index contributed by atoms with van der Waals surface area (Å²) in [5, 5.41) is 15.6. The molecule has 1 amide bonds. The Labute approximate surface area is 145 Å². The fraction of sp³-hybridized carbons (Fsp3) is 0.333. The van der Waals surface area contributed by atoms with Crippen molar-refractivity contribution in [2.75, 3.05) is 5.32 Å². The van der Waals surface area contributed by atoms with Crippen molar-refractivity contribution < 1.29 is 9.63 Å². The number of nitrogens with one attached hydrogen (secondary N) is 1. The molecule has 1 atom stereocenters. The van der Waals surface area contributed by atoms with Crippen LogP contribution in [-0.4, -0.2) is 21.4 Å². The summed E-state index contributed by atoms with van der Waals surface area (Å²) in [4.78, 5) is 21.0. The molecule has 1 saturated carbocycles. The minimum atomic E-state index is -0.658. The first-order valence-corrected chi connectivity index (χ1v) is 8.25. The van der Waals surface area contributed by atoms with Crippen molar-refractivity contribution >= 4 is 17.5 Å². The van der Waals surface area contributed by atoms with Gasteiger partial charge in [-0.25, -0.2) is 9.78 Å². The van der Waals surface area contributed by atoms with E-state index < -0.39 is 6.09 Å². The van der Waals surface area contributed by atoms with E-state index in [1.807, 2.05) is 16.8 Å². The van der Waals surface area contributed by atoms with Crippen LogP contribution in [0.2, 0.25) is 0 Å². The number of anilines is 1. The molecule has 1 aliphatic rings. The van der Waals surface area contributed by atoms with Gasteiger partial charge in [0, 0.05) is 30.5 Å². The molecule has 1 unspecified atom stereocenters. The zero-order valence-corrected chi connectivity index (χ0v) is 13.8. The molecule has 7 nitrogen and oxygen atoms in total. The fourth-order valence-electron chi connectivity index (χ4n) is 2.94. The number of benzene rings is 1. The quantitative estimate of drug-likeness (QED) is 0.682. The van der Waals surface area contributed by atoms with Crippen molar-refractivity contribution in [1.82, 2.24) is 9.55 Å². The van der Waals surface area contributed by atoms with Crippen LogP contribution in [-0.2, 0) is 11.4 Å². The summed E-state index contributed by atoms with van der Waals surface area (Å²) < 4.78 is 2.01. The predicted molar refractivity (Wildman–Crippen MR) is 92.9 cm³/mol. The van der Waals surface area contributed by atoms with Crippen LogP contribution in [0.25, 0.3) is 0 Å². The van der Waals surface area contributed by atoms with Crippen molar-refractivity contribution in [2.24, 2.45) is 11.1 Å². The average molecular weight is 337 g/mol. The molecule has 2 aromatic rings. The Hall–Kier alpha value is -3.14. The van der Waals surface area contributed by atoms with Gasteiger partial charge in [0.1, 0.15) is 0 Å². The molecule has 0 radical (unpaired) electrons. The van der Waals surface area contributed by atoms with E-state index in [1.165, 1.54) is 0 Å². The van der Waals surface area contributed by atoms with Crippen molar-refractivity contribution in [2.45, 2.75) is 32.2 Å². The SMILES string of the molecule is N#Cc1cccc(NC(=O)O/N=C2\CCCCC2Cn2ccnc2)c1. The number of hydrogen-bond donors (Lipinski definition) is 1. The molecule has 1 fully saturated rings. The molecule has 1 aromatic carbocycles. The second-order valence-corrected chi connectivity index (χ2v) is 5.98. The highest BCUT2D eigenvalue weighted by atomic mass is 16.7. The van der Waals surface area contributed by atoms with Crippen LogP contribution in [0, 0.1) is 17.2 Å². The number of carbonyl (C=O) groups is 1. The van der Waals surface area contributed by atoms with Gasteiger partial charge < -0.3 is 4.57 Å². The van der Waals surface area contributed by atoms with Gasteiger partial charge in [-0.3, -0.25) is 10.2 Å². The lowest BCUT2D eigenvalue weighted by molar-refractivity contribution is 0.164. The molecule has 1 N–H and O–H groups in total. The summed E-state index contributed by atoms with van der Waals surface area (Å²) in [6.07, 6.45) is 8.83. The van der Waals surface area contributed by atoms with Gasteiger partial charge >= 0.3 is 6.09 Å². The van der Waals surface area contributed by atoms with Crippen molar-refractivity contribution in [1.29, 1.82) is 5.26 Å². The maximum atomic E-state index is 11.9. The molecule has 3 rings (SSSR count). The van der Waals surface area contributed by atoms with Crippen LogP contribution in [0.3, 0.4) is 0 Å². The number of oxime groups is 1. The molecule has 1 aromatic heterocycles. The van der Waals surface area contributed by atoms with Crippen LogP contribution in [0.4, 0.5) is 10.5 Å². The third-order valence-corrected chi connectivity index (χ3v) is 4.18. The van der Waals surface area contributed by atoms with Crippen molar-refractivity contribution in [3.63, 3.8) is 0 Å². The van der Waals surface area contributed by atoms with Gasteiger partial charge in [-0.15, -0.1) is 0 Å². The predicted octanol–water partition coefficient (Wildman–Crippen LogP) is 3.55. The first-order valence-electron chi connectivity index (χ1n) is 8.25. The number of nitrogens with zero attached hydrogens (tertiary/aromatic N) is 4. The van der Waals surface area contributed by atoms with Crippen molar-refractivity contribution in [3.05, 3.63) is 48.5 Å². The van der Waals surface area contributed by atoms with Gasteiger partial charge in [0.05, 0.1) is 23.7 Å².